The zero-order chi connectivity index (χ0) is 16.2. The van der Waals surface area contributed by atoms with Crippen LogP contribution in [-0.4, -0.2) is 25.2 Å². The summed E-state index contributed by atoms with van der Waals surface area (Å²) in [5.41, 5.74) is 0.804. The molecule has 0 saturated heterocycles. The Morgan fingerprint density at radius 2 is 1.95 bits per heavy atom. The Kier molecular flexibility index (Phi) is 5.24. The van der Waals surface area contributed by atoms with Crippen LogP contribution in [0, 0.1) is 0 Å². The van der Waals surface area contributed by atoms with E-state index in [1.807, 2.05) is 24.3 Å². The van der Waals surface area contributed by atoms with Crippen molar-refractivity contribution < 1.29 is 27.4 Å². The average Bonchev–Trinajstić information content (AvgIpc) is 2.52. The molecule has 0 fully saturated rings. The molecule has 0 amide bonds. The van der Waals surface area contributed by atoms with Gasteiger partial charge in [0.05, 0.1) is 19.8 Å². The molecule has 0 aliphatic heterocycles. The Morgan fingerprint density at radius 3 is 2.45 bits per heavy atom. The first-order chi connectivity index (χ1) is 10.4. The highest BCUT2D eigenvalue weighted by Crippen LogP contribution is 2.28. The Balaban J connectivity index is 1.84. The van der Waals surface area contributed by atoms with Crippen molar-refractivity contribution in [3.8, 4) is 5.75 Å². The molecule has 0 spiro atoms. The van der Waals surface area contributed by atoms with Crippen LogP contribution in [0.4, 0.5) is 13.2 Å². The van der Waals surface area contributed by atoms with E-state index in [9.17, 15) is 18.0 Å². The van der Waals surface area contributed by atoms with Crippen LogP contribution in [0.3, 0.4) is 0 Å². The molecule has 22 heavy (non-hydrogen) atoms. The van der Waals surface area contributed by atoms with E-state index in [1.165, 1.54) is 6.08 Å². The van der Waals surface area contributed by atoms with E-state index >= 15 is 0 Å². The van der Waals surface area contributed by atoms with Crippen molar-refractivity contribution in [3.05, 3.63) is 41.5 Å². The van der Waals surface area contributed by atoms with Gasteiger partial charge in [0.2, 0.25) is 0 Å². The van der Waals surface area contributed by atoms with E-state index in [-0.39, 0.29) is 18.1 Å². The number of hydrogen-bond acceptors (Lipinski definition) is 3. The number of allylic oxidation sites excluding steroid dienone is 1. The summed E-state index contributed by atoms with van der Waals surface area (Å²) in [5.74, 6) is -0.985. The minimum absolute atomic E-state index is 0.103. The van der Waals surface area contributed by atoms with Gasteiger partial charge in [-0.15, -0.1) is 0 Å². The number of halogens is 3. The van der Waals surface area contributed by atoms with Gasteiger partial charge in [0.15, 0.2) is 0 Å². The molecule has 0 N–H and O–H groups in total. The number of rotatable bonds is 5. The second kappa shape index (κ2) is 6.96. The first-order valence-corrected chi connectivity index (χ1v) is 6.95. The van der Waals surface area contributed by atoms with Crippen molar-refractivity contribution in [1.82, 2.24) is 0 Å². The molecule has 1 aromatic rings. The number of carbonyl (C=O) groups excluding carboxylic acids is 1. The lowest BCUT2D eigenvalue weighted by atomic mass is 9.94. The summed E-state index contributed by atoms with van der Waals surface area (Å²) in [5, 5.41) is 0. The third-order valence-electron chi connectivity index (χ3n) is 3.56. The number of benzene rings is 1. The lowest BCUT2D eigenvalue weighted by Crippen LogP contribution is -2.27. The number of alkyl halides is 3. The van der Waals surface area contributed by atoms with Crippen LogP contribution in [0.5, 0.6) is 5.75 Å². The Morgan fingerprint density at radius 1 is 1.27 bits per heavy atom. The van der Waals surface area contributed by atoms with Gasteiger partial charge in [-0.05, 0) is 37.0 Å². The van der Waals surface area contributed by atoms with Crippen LogP contribution in [0.15, 0.2) is 35.9 Å². The fourth-order valence-corrected chi connectivity index (χ4v) is 2.29. The molecule has 0 bridgehead atoms. The normalized spacial score (nSPS) is 18.7. The second-order valence-electron chi connectivity index (χ2n) is 5.11. The van der Waals surface area contributed by atoms with Crippen LogP contribution in [0.1, 0.15) is 24.8 Å². The second-order valence-corrected chi connectivity index (χ2v) is 5.11. The van der Waals surface area contributed by atoms with Crippen molar-refractivity contribution in [2.24, 2.45) is 0 Å². The average molecular weight is 314 g/mol. The summed E-state index contributed by atoms with van der Waals surface area (Å²) in [6.45, 7) is 0.380. The summed E-state index contributed by atoms with van der Waals surface area (Å²) in [6, 6.07) is 7.38. The lowest BCUT2D eigenvalue weighted by Gasteiger charge is -2.22. The highest BCUT2D eigenvalue weighted by molar-refractivity contribution is 5.99. The van der Waals surface area contributed by atoms with E-state index in [2.05, 4.69) is 0 Å². The summed E-state index contributed by atoms with van der Waals surface area (Å²) < 4.78 is 47.7. The molecule has 0 radical (unpaired) electrons. The third-order valence-corrected chi connectivity index (χ3v) is 3.56. The van der Waals surface area contributed by atoms with Gasteiger partial charge in [-0.1, -0.05) is 18.2 Å². The van der Waals surface area contributed by atoms with E-state index in [0.717, 1.165) is 11.3 Å². The molecule has 6 heteroatoms. The molecule has 1 aliphatic rings. The van der Waals surface area contributed by atoms with Gasteiger partial charge < -0.3 is 9.47 Å². The topological polar surface area (TPSA) is 35.5 Å². The first-order valence-electron chi connectivity index (χ1n) is 6.95. The van der Waals surface area contributed by atoms with Crippen molar-refractivity contribution in [1.29, 1.82) is 0 Å². The number of ether oxygens (including phenoxy) is 2. The zero-order valence-corrected chi connectivity index (χ0v) is 12.2. The standard InChI is InChI=1S/C16H17F3O3/c1-21-13-6-2-11(3-7-13)10-22-14-8-4-12(5-9-14)15(20)16(17,18)19/h2-4,6-7,14H,5,8-10H2,1H3. The van der Waals surface area contributed by atoms with Gasteiger partial charge in [0.1, 0.15) is 5.75 Å². The van der Waals surface area contributed by atoms with E-state index < -0.39 is 12.0 Å². The van der Waals surface area contributed by atoms with Crippen LogP contribution in [-0.2, 0) is 16.1 Å². The summed E-state index contributed by atoms with van der Waals surface area (Å²) in [4.78, 5) is 11.1. The predicted octanol–water partition coefficient (Wildman–Crippen LogP) is 3.82. The van der Waals surface area contributed by atoms with E-state index in [1.54, 1.807) is 7.11 Å². The van der Waals surface area contributed by atoms with Crippen LogP contribution >= 0.6 is 0 Å². The zero-order valence-electron chi connectivity index (χ0n) is 12.2. The van der Waals surface area contributed by atoms with Gasteiger partial charge >= 0.3 is 6.18 Å². The van der Waals surface area contributed by atoms with Gasteiger partial charge in [0, 0.05) is 5.57 Å². The van der Waals surface area contributed by atoms with Crippen LogP contribution in [0.2, 0.25) is 0 Å². The van der Waals surface area contributed by atoms with E-state index in [4.69, 9.17) is 9.47 Å². The number of ketones is 1. The molecule has 0 aromatic heterocycles. The molecule has 1 unspecified atom stereocenters. The van der Waals surface area contributed by atoms with Crippen LogP contribution < -0.4 is 4.74 Å². The molecule has 1 aliphatic carbocycles. The minimum Gasteiger partial charge on any atom is -0.497 e. The maximum atomic E-state index is 12.3. The van der Waals surface area contributed by atoms with Gasteiger partial charge in [-0.2, -0.15) is 13.2 Å². The molecule has 1 atom stereocenters. The lowest BCUT2D eigenvalue weighted by molar-refractivity contribution is -0.166. The summed E-state index contributed by atoms with van der Waals surface area (Å²) >= 11 is 0. The minimum atomic E-state index is -4.79. The van der Waals surface area contributed by atoms with Crippen LogP contribution in [0.25, 0.3) is 0 Å². The third kappa shape index (κ3) is 4.34. The molecular formula is C16H17F3O3. The maximum Gasteiger partial charge on any atom is 0.454 e. The number of carbonyl (C=O) groups is 1. The highest BCUT2D eigenvalue weighted by Gasteiger charge is 2.41. The largest absolute Gasteiger partial charge is 0.497 e. The summed E-state index contributed by atoms with van der Waals surface area (Å²) in [7, 11) is 1.58. The Bertz CT molecular complexity index is 547. The first kappa shape index (κ1) is 16.5. The molecule has 1 aromatic carbocycles. The van der Waals surface area contributed by atoms with Crippen molar-refractivity contribution in [3.63, 3.8) is 0 Å². The van der Waals surface area contributed by atoms with Crippen molar-refractivity contribution in [2.75, 3.05) is 7.11 Å². The van der Waals surface area contributed by atoms with Crippen molar-refractivity contribution >= 4 is 5.78 Å². The molecule has 2 rings (SSSR count). The molecular weight excluding hydrogens is 297 g/mol. The van der Waals surface area contributed by atoms with Gasteiger partial charge in [0.25, 0.3) is 5.78 Å². The Labute approximate surface area is 126 Å². The number of hydrogen-bond donors (Lipinski definition) is 0. The molecule has 0 heterocycles. The smallest absolute Gasteiger partial charge is 0.454 e. The SMILES string of the molecule is COc1ccc(COC2CC=C(C(=O)C(F)(F)F)CC2)cc1. The number of methoxy groups -OCH3 is 1. The molecule has 3 nitrogen and oxygen atoms in total. The molecule has 120 valence electrons. The Hall–Kier alpha value is -1.82. The quantitative estimate of drug-likeness (QED) is 0.829. The highest BCUT2D eigenvalue weighted by atomic mass is 19.4. The maximum absolute atomic E-state index is 12.3. The molecule has 0 saturated carbocycles. The predicted molar refractivity (Wildman–Crippen MR) is 74.6 cm³/mol. The fourth-order valence-electron chi connectivity index (χ4n) is 2.29. The van der Waals surface area contributed by atoms with Gasteiger partial charge in [-0.25, -0.2) is 0 Å². The van der Waals surface area contributed by atoms with E-state index in [0.29, 0.717) is 19.4 Å². The van der Waals surface area contributed by atoms with Crippen molar-refractivity contribution in [2.45, 2.75) is 38.1 Å². The summed E-state index contributed by atoms with van der Waals surface area (Å²) in [6.07, 6.45) is -2.75. The number of Topliss-reactive ketones (excluding diaryl/α,β-unsaturated/α-hetero) is 1. The fraction of sp³-hybridized carbons (Fsp3) is 0.438. The van der Waals surface area contributed by atoms with Gasteiger partial charge in [-0.3, -0.25) is 4.79 Å². The monoisotopic (exact) mass is 314 g/mol.